The molecule has 1 amide bonds. The average Bonchev–Trinajstić information content (AvgIpc) is 2.55. The minimum absolute atomic E-state index is 0.0688. The zero-order valence-corrected chi connectivity index (χ0v) is 14.8. The van der Waals surface area contributed by atoms with Gasteiger partial charge in [-0.25, -0.2) is 0 Å². The first-order valence-electron chi connectivity index (χ1n) is 8.56. The van der Waals surface area contributed by atoms with Crippen LogP contribution in [0.4, 0.5) is 0 Å². The molecule has 1 aromatic rings. The van der Waals surface area contributed by atoms with Crippen molar-refractivity contribution >= 4 is 11.9 Å². The number of rotatable bonds is 5. The van der Waals surface area contributed by atoms with Gasteiger partial charge < -0.3 is 15.8 Å². The molecule has 1 aliphatic rings. The van der Waals surface area contributed by atoms with Gasteiger partial charge in [0, 0.05) is 12.1 Å². The Hall–Kier alpha value is -1.88. The second-order valence-corrected chi connectivity index (χ2v) is 7.04. The lowest BCUT2D eigenvalue weighted by Crippen LogP contribution is -2.53. The van der Waals surface area contributed by atoms with Crippen molar-refractivity contribution in [1.29, 1.82) is 0 Å². The van der Waals surface area contributed by atoms with Crippen LogP contribution in [0.1, 0.15) is 49.7 Å². The molecule has 1 aliphatic carbocycles. The highest BCUT2D eigenvalue weighted by Crippen LogP contribution is 2.31. The van der Waals surface area contributed by atoms with Gasteiger partial charge >= 0.3 is 5.97 Å². The number of carbonyl (C=O) groups excluding carboxylic acids is 2. The summed E-state index contributed by atoms with van der Waals surface area (Å²) >= 11 is 0. The summed E-state index contributed by atoms with van der Waals surface area (Å²) in [7, 11) is 1.36. The fraction of sp³-hybridized carbons (Fsp3) is 0.579. The van der Waals surface area contributed by atoms with Gasteiger partial charge in [-0.15, -0.1) is 0 Å². The zero-order valence-electron chi connectivity index (χ0n) is 14.8. The van der Waals surface area contributed by atoms with Crippen LogP contribution < -0.4 is 11.1 Å². The summed E-state index contributed by atoms with van der Waals surface area (Å²) in [5.41, 5.74) is 7.77. The number of nitrogens with two attached hydrogens (primary N) is 1. The molecule has 0 saturated heterocycles. The van der Waals surface area contributed by atoms with E-state index < -0.39 is 11.5 Å². The molecule has 1 fully saturated rings. The highest BCUT2D eigenvalue weighted by atomic mass is 16.5. The number of ether oxygens (including phenoxy) is 1. The van der Waals surface area contributed by atoms with E-state index in [1.807, 2.05) is 38.1 Å². The van der Waals surface area contributed by atoms with Gasteiger partial charge in [-0.3, -0.25) is 9.59 Å². The maximum Gasteiger partial charge on any atom is 0.314 e. The lowest BCUT2D eigenvalue weighted by molar-refractivity contribution is -0.142. The standard InChI is InChI=1S/C19H28N2O3/c1-13-7-9-14(10-8-13)15(18(23)24-3)12-21-17(22)16-6-4-5-11-19(16,2)20/h7-10,15-16H,4-6,11-12,20H2,1-3H3,(H,21,22). The van der Waals surface area contributed by atoms with Gasteiger partial charge in [0.15, 0.2) is 0 Å². The van der Waals surface area contributed by atoms with Crippen molar-refractivity contribution in [1.82, 2.24) is 5.32 Å². The molecule has 3 N–H and O–H groups in total. The zero-order chi connectivity index (χ0) is 17.7. The number of hydrogen-bond donors (Lipinski definition) is 2. The number of benzene rings is 1. The number of hydrogen-bond acceptors (Lipinski definition) is 4. The second-order valence-electron chi connectivity index (χ2n) is 7.04. The first kappa shape index (κ1) is 18.5. The maximum atomic E-state index is 12.6. The van der Waals surface area contributed by atoms with E-state index in [0.29, 0.717) is 0 Å². The van der Waals surface area contributed by atoms with Crippen LogP contribution in [0.2, 0.25) is 0 Å². The molecular formula is C19H28N2O3. The van der Waals surface area contributed by atoms with Crippen LogP contribution in [0, 0.1) is 12.8 Å². The summed E-state index contributed by atoms with van der Waals surface area (Å²) in [6.07, 6.45) is 3.73. The van der Waals surface area contributed by atoms with Crippen molar-refractivity contribution in [2.45, 2.75) is 51.0 Å². The fourth-order valence-electron chi connectivity index (χ4n) is 3.39. The summed E-state index contributed by atoms with van der Waals surface area (Å²) < 4.78 is 4.90. The van der Waals surface area contributed by atoms with E-state index in [1.165, 1.54) is 7.11 Å². The molecule has 0 bridgehead atoms. The monoisotopic (exact) mass is 332 g/mol. The van der Waals surface area contributed by atoms with Crippen molar-refractivity contribution in [2.75, 3.05) is 13.7 Å². The Bertz CT molecular complexity index is 581. The topological polar surface area (TPSA) is 81.4 Å². The Morgan fingerprint density at radius 3 is 2.58 bits per heavy atom. The van der Waals surface area contributed by atoms with Crippen LogP contribution in [0.25, 0.3) is 0 Å². The molecule has 2 rings (SSSR count). The van der Waals surface area contributed by atoms with Crippen LogP contribution in [-0.2, 0) is 14.3 Å². The van der Waals surface area contributed by atoms with Crippen molar-refractivity contribution < 1.29 is 14.3 Å². The summed E-state index contributed by atoms with van der Waals surface area (Å²) in [6.45, 7) is 4.15. The molecule has 1 saturated carbocycles. The number of amides is 1. The predicted octanol–water partition coefficient (Wildman–Crippen LogP) is 2.28. The third-order valence-corrected chi connectivity index (χ3v) is 5.02. The Balaban J connectivity index is 2.06. The summed E-state index contributed by atoms with van der Waals surface area (Å²) in [6, 6.07) is 7.70. The molecule has 0 aliphatic heterocycles. The molecule has 3 atom stereocenters. The van der Waals surface area contributed by atoms with E-state index in [2.05, 4.69) is 5.32 Å². The minimum Gasteiger partial charge on any atom is -0.468 e. The van der Waals surface area contributed by atoms with Gasteiger partial charge in [-0.1, -0.05) is 42.7 Å². The van der Waals surface area contributed by atoms with Gasteiger partial charge in [0.25, 0.3) is 0 Å². The van der Waals surface area contributed by atoms with Crippen LogP contribution in [0.5, 0.6) is 0 Å². The third-order valence-electron chi connectivity index (χ3n) is 5.02. The van der Waals surface area contributed by atoms with Crippen LogP contribution in [-0.4, -0.2) is 31.1 Å². The minimum atomic E-state index is -0.507. The molecule has 24 heavy (non-hydrogen) atoms. The summed E-state index contributed by atoms with van der Waals surface area (Å²) in [5, 5.41) is 2.92. The quantitative estimate of drug-likeness (QED) is 0.811. The Labute approximate surface area is 143 Å². The highest BCUT2D eigenvalue weighted by molar-refractivity contribution is 5.82. The lowest BCUT2D eigenvalue weighted by Gasteiger charge is -2.37. The molecule has 5 nitrogen and oxygen atoms in total. The smallest absolute Gasteiger partial charge is 0.314 e. The first-order chi connectivity index (χ1) is 11.3. The first-order valence-corrected chi connectivity index (χ1v) is 8.56. The van der Waals surface area contributed by atoms with E-state index in [9.17, 15) is 9.59 Å². The molecule has 5 heteroatoms. The Morgan fingerprint density at radius 1 is 1.33 bits per heavy atom. The summed E-state index contributed by atoms with van der Waals surface area (Å²) in [5.74, 6) is -1.13. The molecule has 0 spiro atoms. The van der Waals surface area contributed by atoms with Crippen molar-refractivity contribution in [3.63, 3.8) is 0 Å². The molecule has 132 valence electrons. The number of carbonyl (C=O) groups is 2. The SMILES string of the molecule is COC(=O)C(CNC(=O)C1CCCCC1(C)N)c1ccc(C)cc1. The molecular weight excluding hydrogens is 304 g/mol. The largest absolute Gasteiger partial charge is 0.468 e. The second kappa shape index (κ2) is 7.79. The Morgan fingerprint density at radius 2 is 2.00 bits per heavy atom. The molecule has 1 aromatic carbocycles. The average molecular weight is 332 g/mol. The number of nitrogens with one attached hydrogen (secondary N) is 1. The van der Waals surface area contributed by atoms with Crippen LogP contribution >= 0.6 is 0 Å². The molecule has 0 heterocycles. The Kier molecular flexibility index (Phi) is 5.99. The molecule has 0 radical (unpaired) electrons. The fourth-order valence-corrected chi connectivity index (χ4v) is 3.39. The van der Waals surface area contributed by atoms with E-state index in [1.54, 1.807) is 0 Å². The van der Waals surface area contributed by atoms with Crippen LogP contribution in [0.3, 0.4) is 0 Å². The number of aryl methyl sites for hydroxylation is 1. The van der Waals surface area contributed by atoms with Gasteiger partial charge in [-0.05, 0) is 32.3 Å². The summed E-state index contributed by atoms with van der Waals surface area (Å²) in [4.78, 5) is 24.7. The number of esters is 1. The van der Waals surface area contributed by atoms with E-state index >= 15 is 0 Å². The van der Waals surface area contributed by atoms with Crippen molar-refractivity contribution in [3.05, 3.63) is 35.4 Å². The normalized spacial score (nSPS) is 24.9. The van der Waals surface area contributed by atoms with E-state index in [0.717, 1.165) is 36.8 Å². The lowest BCUT2D eigenvalue weighted by atomic mass is 9.74. The molecule has 3 unspecified atom stereocenters. The van der Waals surface area contributed by atoms with E-state index in [-0.39, 0.29) is 24.3 Å². The van der Waals surface area contributed by atoms with Gasteiger partial charge in [0.1, 0.15) is 0 Å². The van der Waals surface area contributed by atoms with Gasteiger partial charge in [0.2, 0.25) is 5.91 Å². The highest BCUT2D eigenvalue weighted by Gasteiger charge is 2.38. The van der Waals surface area contributed by atoms with Crippen molar-refractivity contribution in [3.8, 4) is 0 Å². The maximum absolute atomic E-state index is 12.6. The third kappa shape index (κ3) is 4.35. The van der Waals surface area contributed by atoms with Gasteiger partial charge in [-0.2, -0.15) is 0 Å². The predicted molar refractivity (Wildman–Crippen MR) is 93.5 cm³/mol. The number of methoxy groups -OCH3 is 1. The van der Waals surface area contributed by atoms with Gasteiger partial charge in [0.05, 0.1) is 18.9 Å². The molecule has 0 aromatic heterocycles. The van der Waals surface area contributed by atoms with Crippen LogP contribution in [0.15, 0.2) is 24.3 Å². The van der Waals surface area contributed by atoms with E-state index in [4.69, 9.17) is 10.5 Å². The van der Waals surface area contributed by atoms with Crippen molar-refractivity contribution in [2.24, 2.45) is 11.7 Å².